The third kappa shape index (κ3) is 3.28. The first kappa shape index (κ1) is 14.8. The Morgan fingerprint density at radius 3 is 2.79 bits per heavy atom. The fourth-order valence-electron chi connectivity index (χ4n) is 3.01. The molecule has 24 heavy (non-hydrogen) atoms. The van der Waals surface area contributed by atoms with Crippen LogP contribution in [0.2, 0.25) is 0 Å². The Labute approximate surface area is 139 Å². The van der Waals surface area contributed by atoms with Gasteiger partial charge in [0.15, 0.2) is 5.76 Å². The first-order valence-electron chi connectivity index (χ1n) is 8.08. The lowest BCUT2D eigenvalue weighted by Gasteiger charge is -2.23. The zero-order valence-corrected chi connectivity index (χ0v) is 13.3. The Morgan fingerprint density at radius 1 is 1.04 bits per heavy atom. The van der Waals surface area contributed by atoms with E-state index >= 15 is 0 Å². The summed E-state index contributed by atoms with van der Waals surface area (Å²) in [7, 11) is 0. The minimum absolute atomic E-state index is 0.487. The summed E-state index contributed by atoms with van der Waals surface area (Å²) in [6.07, 6.45) is 4.82. The number of rotatable bonds is 4. The number of hydrogen-bond acceptors (Lipinski definition) is 7. The third-order valence-corrected chi connectivity index (χ3v) is 4.22. The highest BCUT2D eigenvalue weighted by atomic mass is 16.3. The van der Waals surface area contributed by atoms with Crippen molar-refractivity contribution in [2.45, 2.75) is 13.0 Å². The van der Waals surface area contributed by atoms with E-state index < -0.39 is 0 Å². The van der Waals surface area contributed by atoms with E-state index in [1.54, 1.807) is 0 Å². The van der Waals surface area contributed by atoms with Gasteiger partial charge in [-0.1, -0.05) is 0 Å². The Kier molecular flexibility index (Phi) is 4.20. The van der Waals surface area contributed by atoms with Crippen molar-refractivity contribution in [2.24, 2.45) is 0 Å². The number of hydrogen-bond donors (Lipinski definition) is 1. The van der Waals surface area contributed by atoms with Gasteiger partial charge in [0.05, 0.1) is 6.54 Å². The summed E-state index contributed by atoms with van der Waals surface area (Å²) in [6.45, 7) is 4.91. The highest BCUT2D eigenvalue weighted by Gasteiger charge is 2.17. The molecule has 8 nitrogen and oxygen atoms in total. The molecule has 1 aliphatic rings. The Bertz CT molecular complexity index is 756. The molecular formula is C16H19N7O. The van der Waals surface area contributed by atoms with Gasteiger partial charge in [-0.2, -0.15) is 5.21 Å². The van der Waals surface area contributed by atoms with E-state index in [1.165, 1.54) is 5.69 Å². The summed E-state index contributed by atoms with van der Waals surface area (Å²) in [5.74, 6) is 2.06. The van der Waals surface area contributed by atoms with Crippen LogP contribution in [0.4, 0.5) is 5.69 Å². The van der Waals surface area contributed by atoms with Crippen molar-refractivity contribution >= 4 is 5.69 Å². The fraction of sp³-hybridized carbons (Fsp3) is 0.375. The van der Waals surface area contributed by atoms with Gasteiger partial charge in [-0.3, -0.25) is 9.88 Å². The van der Waals surface area contributed by atoms with Crippen LogP contribution in [0.25, 0.3) is 11.6 Å². The predicted molar refractivity (Wildman–Crippen MR) is 88.2 cm³/mol. The SMILES string of the molecule is c1cc(N2CCCN(Cc3ccc(-c4nn[nH]n4)o3)CC2)ccn1. The summed E-state index contributed by atoms with van der Waals surface area (Å²) in [5.41, 5.74) is 1.24. The van der Waals surface area contributed by atoms with E-state index in [-0.39, 0.29) is 0 Å². The molecule has 0 aliphatic carbocycles. The number of furan rings is 1. The maximum Gasteiger partial charge on any atom is 0.239 e. The van der Waals surface area contributed by atoms with Crippen LogP contribution in [0.15, 0.2) is 41.1 Å². The average Bonchev–Trinajstić information content (AvgIpc) is 3.25. The van der Waals surface area contributed by atoms with E-state index in [0.29, 0.717) is 11.6 Å². The lowest BCUT2D eigenvalue weighted by atomic mass is 10.3. The molecule has 0 radical (unpaired) electrons. The van der Waals surface area contributed by atoms with Crippen LogP contribution in [0, 0.1) is 0 Å². The molecule has 3 aromatic heterocycles. The number of aromatic nitrogens is 5. The van der Waals surface area contributed by atoms with Gasteiger partial charge in [0.2, 0.25) is 5.82 Å². The van der Waals surface area contributed by atoms with E-state index in [0.717, 1.165) is 44.9 Å². The smallest absolute Gasteiger partial charge is 0.239 e. The predicted octanol–water partition coefficient (Wildman–Crippen LogP) is 1.57. The summed E-state index contributed by atoms with van der Waals surface area (Å²) in [6, 6.07) is 8.01. The van der Waals surface area contributed by atoms with E-state index in [1.807, 2.05) is 24.5 Å². The summed E-state index contributed by atoms with van der Waals surface area (Å²) < 4.78 is 5.83. The lowest BCUT2D eigenvalue weighted by Crippen LogP contribution is -2.30. The van der Waals surface area contributed by atoms with Crippen LogP contribution < -0.4 is 4.90 Å². The molecule has 0 unspecified atom stereocenters. The van der Waals surface area contributed by atoms with Gasteiger partial charge >= 0.3 is 0 Å². The summed E-state index contributed by atoms with van der Waals surface area (Å²) in [5, 5.41) is 13.9. The monoisotopic (exact) mass is 325 g/mol. The molecule has 0 aromatic carbocycles. The summed E-state index contributed by atoms with van der Waals surface area (Å²) >= 11 is 0. The highest BCUT2D eigenvalue weighted by molar-refractivity contribution is 5.45. The number of nitrogens with one attached hydrogen (secondary N) is 1. The zero-order valence-electron chi connectivity index (χ0n) is 13.3. The maximum atomic E-state index is 5.83. The topological polar surface area (TPSA) is 87.0 Å². The Hall–Kier alpha value is -2.74. The maximum absolute atomic E-state index is 5.83. The van der Waals surface area contributed by atoms with Crippen molar-refractivity contribution in [3.8, 4) is 11.6 Å². The number of pyridine rings is 1. The van der Waals surface area contributed by atoms with Crippen LogP contribution in [0.5, 0.6) is 0 Å². The van der Waals surface area contributed by atoms with Gasteiger partial charge in [0.25, 0.3) is 0 Å². The number of H-pyrrole nitrogens is 1. The van der Waals surface area contributed by atoms with Crippen molar-refractivity contribution in [3.63, 3.8) is 0 Å². The lowest BCUT2D eigenvalue weighted by molar-refractivity contribution is 0.261. The van der Waals surface area contributed by atoms with E-state index in [4.69, 9.17) is 4.42 Å². The molecule has 0 amide bonds. The molecule has 0 atom stereocenters. The van der Waals surface area contributed by atoms with Crippen molar-refractivity contribution in [1.29, 1.82) is 0 Å². The van der Waals surface area contributed by atoms with Crippen molar-refractivity contribution in [3.05, 3.63) is 42.4 Å². The molecular weight excluding hydrogens is 306 g/mol. The summed E-state index contributed by atoms with van der Waals surface area (Å²) in [4.78, 5) is 8.92. The molecule has 0 bridgehead atoms. The van der Waals surface area contributed by atoms with Gasteiger partial charge in [0, 0.05) is 44.3 Å². The van der Waals surface area contributed by atoms with Crippen LogP contribution in [0.1, 0.15) is 12.2 Å². The first-order chi connectivity index (χ1) is 11.9. The first-order valence-corrected chi connectivity index (χ1v) is 8.08. The second-order valence-electron chi connectivity index (χ2n) is 5.82. The molecule has 4 heterocycles. The van der Waals surface area contributed by atoms with E-state index in [9.17, 15) is 0 Å². The highest BCUT2D eigenvalue weighted by Crippen LogP contribution is 2.20. The minimum atomic E-state index is 0.487. The second kappa shape index (κ2) is 6.79. The van der Waals surface area contributed by atoms with Gasteiger partial charge in [0.1, 0.15) is 5.76 Å². The van der Waals surface area contributed by atoms with Crippen LogP contribution in [0.3, 0.4) is 0 Å². The van der Waals surface area contributed by atoms with E-state index in [2.05, 4.69) is 47.5 Å². The second-order valence-corrected chi connectivity index (χ2v) is 5.82. The number of tetrazole rings is 1. The molecule has 1 fully saturated rings. The standard InChI is InChI=1S/C16H19N7O/c1-8-22(10-11-23(9-1)13-4-6-17-7-5-13)12-14-2-3-15(24-14)16-18-20-21-19-16/h2-7H,1,8-12H2,(H,18,19,20,21). The van der Waals surface area contributed by atoms with Crippen molar-refractivity contribution in [1.82, 2.24) is 30.5 Å². The number of nitrogens with zero attached hydrogens (tertiary/aromatic N) is 6. The molecule has 1 saturated heterocycles. The van der Waals surface area contributed by atoms with Crippen LogP contribution in [-0.2, 0) is 6.54 Å². The van der Waals surface area contributed by atoms with Gasteiger partial charge in [-0.05, 0) is 35.9 Å². The third-order valence-electron chi connectivity index (χ3n) is 4.22. The van der Waals surface area contributed by atoms with Gasteiger partial charge in [-0.15, -0.1) is 10.2 Å². The number of aromatic amines is 1. The molecule has 4 rings (SSSR count). The molecule has 1 aliphatic heterocycles. The van der Waals surface area contributed by atoms with Crippen molar-refractivity contribution in [2.75, 3.05) is 31.1 Å². The van der Waals surface area contributed by atoms with Crippen molar-refractivity contribution < 1.29 is 4.42 Å². The normalized spacial score (nSPS) is 16.2. The molecule has 0 spiro atoms. The van der Waals surface area contributed by atoms with Crippen LogP contribution >= 0.6 is 0 Å². The molecule has 1 N–H and O–H groups in total. The molecule has 0 saturated carbocycles. The van der Waals surface area contributed by atoms with Gasteiger partial charge < -0.3 is 9.32 Å². The Morgan fingerprint density at radius 2 is 1.96 bits per heavy atom. The molecule has 8 heteroatoms. The largest absolute Gasteiger partial charge is 0.456 e. The minimum Gasteiger partial charge on any atom is -0.456 e. The van der Waals surface area contributed by atoms with Gasteiger partial charge in [-0.25, -0.2) is 0 Å². The molecule has 3 aromatic rings. The zero-order chi connectivity index (χ0) is 16.2. The average molecular weight is 325 g/mol. The van der Waals surface area contributed by atoms with Crippen LogP contribution in [-0.4, -0.2) is 56.7 Å². The number of anilines is 1. The Balaban J connectivity index is 1.38. The molecule has 124 valence electrons. The fourth-order valence-corrected chi connectivity index (χ4v) is 3.01. The quantitative estimate of drug-likeness (QED) is 0.779.